The highest BCUT2D eigenvalue weighted by molar-refractivity contribution is 5.94. The monoisotopic (exact) mass is 262 g/mol. The minimum absolute atomic E-state index is 0.101. The second-order valence-corrected chi connectivity index (χ2v) is 5.06. The molecule has 1 aliphatic heterocycles. The van der Waals surface area contributed by atoms with Gasteiger partial charge in [-0.15, -0.1) is 0 Å². The molecule has 3 N–H and O–H groups in total. The van der Waals surface area contributed by atoms with Gasteiger partial charge in [0.25, 0.3) is 5.91 Å². The molecule has 0 radical (unpaired) electrons. The Kier molecular flexibility index (Phi) is 4.74. The Bertz CT molecular complexity index is 441. The van der Waals surface area contributed by atoms with E-state index < -0.39 is 0 Å². The number of hydrogen-bond donors (Lipinski definition) is 2. The Morgan fingerprint density at radius 2 is 2.16 bits per heavy atom. The van der Waals surface area contributed by atoms with Gasteiger partial charge < -0.3 is 16.0 Å². The number of likely N-dealkylation sites (tertiary alicyclic amines) is 1. The van der Waals surface area contributed by atoms with Crippen LogP contribution in [0.4, 0.5) is 5.69 Å². The van der Waals surface area contributed by atoms with Crippen molar-refractivity contribution in [3.8, 4) is 0 Å². The van der Waals surface area contributed by atoms with Crippen LogP contribution in [-0.4, -0.2) is 42.0 Å². The molecular formula is C14H22N4O. The minimum atomic E-state index is -0.101. The lowest BCUT2D eigenvalue weighted by Crippen LogP contribution is -2.37. The third-order valence-electron chi connectivity index (χ3n) is 3.55. The maximum absolute atomic E-state index is 11.9. The molecular weight excluding hydrogens is 240 g/mol. The van der Waals surface area contributed by atoms with Gasteiger partial charge >= 0.3 is 0 Å². The van der Waals surface area contributed by atoms with Crippen LogP contribution in [0.25, 0.3) is 0 Å². The van der Waals surface area contributed by atoms with E-state index in [1.54, 1.807) is 12.3 Å². The number of pyridine rings is 1. The van der Waals surface area contributed by atoms with E-state index in [1.165, 1.54) is 19.3 Å². The number of amides is 1. The molecule has 5 nitrogen and oxygen atoms in total. The average Bonchev–Trinajstić information content (AvgIpc) is 2.43. The number of nitrogens with two attached hydrogens (primary N) is 1. The molecule has 1 fully saturated rings. The normalized spacial score (nSPS) is 16.3. The average molecular weight is 262 g/mol. The summed E-state index contributed by atoms with van der Waals surface area (Å²) in [5, 5.41) is 2.92. The lowest BCUT2D eigenvalue weighted by molar-refractivity contribution is 0.0946. The van der Waals surface area contributed by atoms with E-state index >= 15 is 0 Å². The Balaban J connectivity index is 1.78. The Hall–Kier alpha value is -1.62. The number of nitrogen functional groups attached to an aromatic ring is 1. The van der Waals surface area contributed by atoms with Crippen LogP contribution in [0.5, 0.6) is 0 Å². The van der Waals surface area contributed by atoms with Crippen LogP contribution in [0.15, 0.2) is 12.3 Å². The molecule has 2 rings (SSSR count). The first kappa shape index (κ1) is 13.8. The Morgan fingerprint density at radius 3 is 2.84 bits per heavy atom. The van der Waals surface area contributed by atoms with Gasteiger partial charge in [0.2, 0.25) is 0 Å². The van der Waals surface area contributed by atoms with E-state index in [4.69, 9.17) is 5.73 Å². The number of carbonyl (C=O) groups is 1. The number of carbonyl (C=O) groups excluding carboxylic acids is 1. The number of rotatable bonds is 4. The first-order chi connectivity index (χ1) is 9.16. The molecule has 0 atom stereocenters. The summed E-state index contributed by atoms with van der Waals surface area (Å²) < 4.78 is 0. The summed E-state index contributed by atoms with van der Waals surface area (Å²) in [5.41, 5.74) is 7.60. The van der Waals surface area contributed by atoms with Gasteiger partial charge in [-0.2, -0.15) is 0 Å². The van der Waals surface area contributed by atoms with Crippen LogP contribution in [-0.2, 0) is 0 Å². The van der Waals surface area contributed by atoms with Crippen molar-refractivity contribution in [1.29, 1.82) is 0 Å². The summed E-state index contributed by atoms with van der Waals surface area (Å²) in [5.74, 6) is -0.101. The number of aromatic nitrogens is 1. The van der Waals surface area contributed by atoms with Crippen molar-refractivity contribution in [1.82, 2.24) is 15.2 Å². The van der Waals surface area contributed by atoms with Gasteiger partial charge in [-0.3, -0.25) is 9.78 Å². The van der Waals surface area contributed by atoms with Gasteiger partial charge in [-0.1, -0.05) is 6.42 Å². The van der Waals surface area contributed by atoms with Crippen molar-refractivity contribution in [2.75, 3.05) is 31.9 Å². The number of nitrogens with zero attached hydrogens (tertiary/aromatic N) is 2. The molecule has 0 aromatic carbocycles. The molecule has 1 saturated heterocycles. The molecule has 2 heterocycles. The van der Waals surface area contributed by atoms with E-state index in [2.05, 4.69) is 15.2 Å². The molecule has 19 heavy (non-hydrogen) atoms. The van der Waals surface area contributed by atoms with Crippen molar-refractivity contribution in [2.45, 2.75) is 26.2 Å². The van der Waals surface area contributed by atoms with Gasteiger partial charge in [-0.05, 0) is 38.9 Å². The molecule has 0 bridgehead atoms. The maximum atomic E-state index is 11.9. The van der Waals surface area contributed by atoms with Gasteiger partial charge in [0, 0.05) is 19.3 Å². The highest BCUT2D eigenvalue weighted by Crippen LogP contribution is 2.10. The van der Waals surface area contributed by atoms with Crippen molar-refractivity contribution < 1.29 is 4.79 Å². The van der Waals surface area contributed by atoms with Gasteiger partial charge in [0.15, 0.2) is 0 Å². The molecule has 0 saturated carbocycles. The number of aryl methyl sites for hydroxylation is 1. The van der Waals surface area contributed by atoms with Crippen LogP contribution < -0.4 is 11.1 Å². The van der Waals surface area contributed by atoms with Crippen molar-refractivity contribution >= 4 is 11.6 Å². The second-order valence-electron chi connectivity index (χ2n) is 5.06. The molecule has 1 aromatic rings. The fourth-order valence-corrected chi connectivity index (χ4v) is 2.29. The van der Waals surface area contributed by atoms with Crippen molar-refractivity contribution in [2.24, 2.45) is 0 Å². The molecule has 1 aliphatic rings. The molecule has 1 aromatic heterocycles. The van der Waals surface area contributed by atoms with E-state index in [0.29, 0.717) is 17.8 Å². The third-order valence-corrected chi connectivity index (χ3v) is 3.55. The topological polar surface area (TPSA) is 71.2 Å². The van der Waals surface area contributed by atoms with E-state index in [9.17, 15) is 4.79 Å². The fourth-order valence-electron chi connectivity index (χ4n) is 2.29. The zero-order valence-electron chi connectivity index (χ0n) is 11.5. The summed E-state index contributed by atoms with van der Waals surface area (Å²) in [7, 11) is 0. The lowest BCUT2D eigenvalue weighted by atomic mass is 10.1. The van der Waals surface area contributed by atoms with Crippen LogP contribution in [0.3, 0.4) is 0 Å². The highest BCUT2D eigenvalue weighted by atomic mass is 16.1. The smallest absolute Gasteiger partial charge is 0.252 e. The van der Waals surface area contributed by atoms with Crippen molar-refractivity contribution in [3.63, 3.8) is 0 Å². The SMILES string of the molecule is Cc1ncc(C(=O)NCCN2CCCCC2)cc1N. The molecule has 0 spiro atoms. The van der Waals surface area contributed by atoms with Crippen LogP contribution in [0, 0.1) is 6.92 Å². The Labute approximate surface area is 114 Å². The summed E-state index contributed by atoms with van der Waals surface area (Å²) in [6.07, 6.45) is 5.44. The van der Waals surface area contributed by atoms with E-state index in [0.717, 1.165) is 25.3 Å². The number of piperidine rings is 1. The minimum Gasteiger partial charge on any atom is -0.397 e. The summed E-state index contributed by atoms with van der Waals surface area (Å²) in [6.45, 7) is 5.71. The Morgan fingerprint density at radius 1 is 1.42 bits per heavy atom. The van der Waals surface area contributed by atoms with Crippen molar-refractivity contribution in [3.05, 3.63) is 23.5 Å². The molecule has 0 unspecified atom stereocenters. The van der Waals surface area contributed by atoms with Crippen LogP contribution in [0.2, 0.25) is 0 Å². The largest absolute Gasteiger partial charge is 0.397 e. The summed E-state index contributed by atoms with van der Waals surface area (Å²) in [4.78, 5) is 18.4. The van der Waals surface area contributed by atoms with Gasteiger partial charge in [0.05, 0.1) is 16.9 Å². The first-order valence-electron chi connectivity index (χ1n) is 6.89. The second kappa shape index (κ2) is 6.52. The van der Waals surface area contributed by atoms with E-state index in [1.807, 2.05) is 6.92 Å². The van der Waals surface area contributed by atoms with Gasteiger partial charge in [0.1, 0.15) is 0 Å². The zero-order valence-corrected chi connectivity index (χ0v) is 11.5. The predicted molar refractivity (Wildman–Crippen MR) is 76.0 cm³/mol. The standard InChI is InChI=1S/C14H22N4O/c1-11-13(15)9-12(10-17-11)14(19)16-5-8-18-6-3-2-4-7-18/h9-10H,2-8,15H2,1H3,(H,16,19). The molecule has 104 valence electrons. The number of hydrogen-bond acceptors (Lipinski definition) is 4. The predicted octanol–water partition coefficient (Wildman–Crippen LogP) is 1.19. The maximum Gasteiger partial charge on any atom is 0.252 e. The lowest BCUT2D eigenvalue weighted by Gasteiger charge is -2.26. The zero-order chi connectivity index (χ0) is 13.7. The highest BCUT2D eigenvalue weighted by Gasteiger charge is 2.11. The quantitative estimate of drug-likeness (QED) is 0.855. The third kappa shape index (κ3) is 3.92. The fraction of sp³-hybridized carbons (Fsp3) is 0.571. The number of anilines is 1. The van der Waals surface area contributed by atoms with E-state index in [-0.39, 0.29) is 5.91 Å². The van der Waals surface area contributed by atoms with Crippen LogP contribution >= 0.6 is 0 Å². The molecule has 5 heteroatoms. The summed E-state index contributed by atoms with van der Waals surface area (Å²) >= 11 is 0. The molecule has 1 amide bonds. The van der Waals surface area contributed by atoms with Crippen LogP contribution in [0.1, 0.15) is 35.3 Å². The summed E-state index contributed by atoms with van der Waals surface area (Å²) in [6, 6.07) is 1.68. The van der Waals surface area contributed by atoms with Gasteiger partial charge in [-0.25, -0.2) is 0 Å². The molecule has 0 aliphatic carbocycles. The number of nitrogens with one attached hydrogen (secondary N) is 1. The first-order valence-corrected chi connectivity index (χ1v) is 6.89.